The third kappa shape index (κ3) is 3.01. The minimum atomic E-state index is -0.305. The minimum Gasteiger partial charge on any atom is -0.459 e. The Morgan fingerprint density at radius 3 is 2.86 bits per heavy atom. The van der Waals surface area contributed by atoms with Gasteiger partial charge in [-0.15, -0.1) is 0 Å². The van der Waals surface area contributed by atoms with Gasteiger partial charge in [0.05, 0.1) is 6.26 Å². The van der Waals surface area contributed by atoms with Gasteiger partial charge in [0.2, 0.25) is 0 Å². The van der Waals surface area contributed by atoms with E-state index in [0.29, 0.717) is 25.3 Å². The summed E-state index contributed by atoms with van der Waals surface area (Å²) in [6.45, 7) is 2.16. The van der Waals surface area contributed by atoms with E-state index in [1.807, 2.05) is 0 Å². The van der Waals surface area contributed by atoms with Gasteiger partial charge in [-0.05, 0) is 12.1 Å². The predicted octanol–water partition coefficient (Wildman–Crippen LogP) is -0.192. The third-order valence-corrected chi connectivity index (χ3v) is 3.46. The molecule has 3 heterocycles. The van der Waals surface area contributed by atoms with Crippen LogP contribution in [0.4, 0.5) is 0 Å². The number of fused-ring (bicyclic) bond motifs is 1. The molecular formula is C14H17N5O3. The lowest BCUT2D eigenvalue weighted by atomic mass is 10.1. The highest BCUT2D eigenvalue weighted by Gasteiger charge is 2.21. The summed E-state index contributed by atoms with van der Waals surface area (Å²) in [5.74, 6) is -0.298. The van der Waals surface area contributed by atoms with Crippen molar-refractivity contribution < 1.29 is 14.0 Å². The normalized spacial score (nSPS) is 13.5. The van der Waals surface area contributed by atoms with Crippen molar-refractivity contribution in [1.29, 1.82) is 0 Å². The van der Waals surface area contributed by atoms with Gasteiger partial charge >= 0.3 is 0 Å². The van der Waals surface area contributed by atoms with Crippen LogP contribution in [-0.2, 0) is 13.0 Å². The van der Waals surface area contributed by atoms with Crippen molar-refractivity contribution in [2.24, 2.45) is 0 Å². The summed E-state index contributed by atoms with van der Waals surface area (Å²) >= 11 is 0. The number of aromatic amines is 1. The lowest BCUT2D eigenvalue weighted by Gasteiger charge is -2.12. The molecule has 1 aliphatic heterocycles. The number of amides is 2. The number of hydrogen-bond acceptors (Lipinski definition) is 5. The maximum absolute atomic E-state index is 12.1. The predicted molar refractivity (Wildman–Crippen MR) is 77.4 cm³/mol. The summed E-state index contributed by atoms with van der Waals surface area (Å²) in [4.78, 5) is 23.7. The van der Waals surface area contributed by atoms with E-state index in [4.69, 9.17) is 4.42 Å². The summed E-state index contributed by atoms with van der Waals surface area (Å²) in [6, 6.07) is 3.22. The average Bonchev–Trinajstić information content (AvgIpc) is 3.20. The Balaban J connectivity index is 1.47. The number of aromatic nitrogens is 2. The fraction of sp³-hybridized carbons (Fsp3) is 0.357. The van der Waals surface area contributed by atoms with Crippen LogP contribution in [0.25, 0.3) is 0 Å². The zero-order chi connectivity index (χ0) is 15.4. The van der Waals surface area contributed by atoms with Crippen LogP contribution < -0.4 is 16.0 Å². The van der Waals surface area contributed by atoms with E-state index in [2.05, 4.69) is 26.1 Å². The quantitative estimate of drug-likeness (QED) is 0.572. The lowest BCUT2D eigenvalue weighted by molar-refractivity contribution is 0.0909. The van der Waals surface area contributed by atoms with Gasteiger partial charge in [0, 0.05) is 43.9 Å². The van der Waals surface area contributed by atoms with Crippen LogP contribution in [0.1, 0.15) is 32.3 Å². The van der Waals surface area contributed by atoms with Crippen molar-refractivity contribution in [1.82, 2.24) is 26.1 Å². The third-order valence-electron chi connectivity index (χ3n) is 3.46. The van der Waals surface area contributed by atoms with Crippen LogP contribution in [0.15, 0.2) is 22.8 Å². The molecule has 1 aliphatic rings. The molecule has 116 valence electrons. The van der Waals surface area contributed by atoms with Crippen LogP contribution in [-0.4, -0.2) is 41.6 Å². The Morgan fingerprint density at radius 2 is 2.09 bits per heavy atom. The van der Waals surface area contributed by atoms with Crippen LogP contribution in [0.5, 0.6) is 0 Å². The molecule has 4 N–H and O–H groups in total. The van der Waals surface area contributed by atoms with E-state index in [0.717, 1.165) is 24.2 Å². The van der Waals surface area contributed by atoms with E-state index in [9.17, 15) is 9.59 Å². The maximum Gasteiger partial charge on any atom is 0.287 e. The summed E-state index contributed by atoms with van der Waals surface area (Å²) in [5.41, 5.74) is 2.35. The van der Waals surface area contributed by atoms with Crippen molar-refractivity contribution in [3.05, 3.63) is 41.1 Å². The number of carbonyl (C=O) groups excluding carboxylic acids is 2. The van der Waals surface area contributed by atoms with Gasteiger partial charge in [0.1, 0.15) is 0 Å². The molecule has 0 saturated carbocycles. The van der Waals surface area contributed by atoms with E-state index in [1.54, 1.807) is 12.1 Å². The van der Waals surface area contributed by atoms with E-state index in [1.165, 1.54) is 6.26 Å². The first kappa shape index (κ1) is 14.3. The van der Waals surface area contributed by atoms with Crippen molar-refractivity contribution in [3.8, 4) is 0 Å². The number of H-pyrrole nitrogens is 1. The number of nitrogens with zero attached hydrogens (tertiary/aromatic N) is 1. The summed E-state index contributed by atoms with van der Waals surface area (Å²) in [6.07, 6.45) is 2.28. The first-order chi connectivity index (χ1) is 10.8. The highest BCUT2D eigenvalue weighted by molar-refractivity contribution is 5.94. The van der Waals surface area contributed by atoms with Crippen LogP contribution >= 0.6 is 0 Å². The number of furan rings is 1. The monoisotopic (exact) mass is 303 g/mol. The van der Waals surface area contributed by atoms with Crippen LogP contribution in [0.2, 0.25) is 0 Å². The Hall–Kier alpha value is -2.61. The van der Waals surface area contributed by atoms with Crippen molar-refractivity contribution >= 4 is 11.8 Å². The van der Waals surface area contributed by atoms with Gasteiger partial charge in [0.25, 0.3) is 11.8 Å². The SMILES string of the molecule is O=C(NCCNC(=O)c1n[nH]c2c1CNCC2)c1ccco1. The molecule has 0 aromatic carbocycles. The fourth-order valence-corrected chi connectivity index (χ4v) is 2.34. The number of rotatable bonds is 5. The molecule has 3 rings (SSSR count). The Labute approximate surface area is 126 Å². The van der Waals surface area contributed by atoms with Gasteiger partial charge in [-0.1, -0.05) is 0 Å². The zero-order valence-electron chi connectivity index (χ0n) is 11.9. The van der Waals surface area contributed by atoms with Crippen molar-refractivity contribution in [3.63, 3.8) is 0 Å². The molecule has 22 heavy (non-hydrogen) atoms. The van der Waals surface area contributed by atoms with Crippen molar-refractivity contribution in [2.75, 3.05) is 19.6 Å². The van der Waals surface area contributed by atoms with Gasteiger partial charge in [-0.2, -0.15) is 5.10 Å². The topological polar surface area (TPSA) is 112 Å². The molecule has 2 amide bonds. The Morgan fingerprint density at radius 1 is 1.27 bits per heavy atom. The van der Waals surface area contributed by atoms with Gasteiger partial charge in [0.15, 0.2) is 11.5 Å². The molecule has 0 atom stereocenters. The molecule has 2 aromatic heterocycles. The Bertz CT molecular complexity index is 662. The molecule has 8 heteroatoms. The van der Waals surface area contributed by atoms with Crippen molar-refractivity contribution in [2.45, 2.75) is 13.0 Å². The molecule has 0 spiro atoms. The molecule has 0 saturated heterocycles. The average molecular weight is 303 g/mol. The summed E-state index contributed by atoms with van der Waals surface area (Å²) in [7, 11) is 0. The summed E-state index contributed by atoms with van der Waals surface area (Å²) < 4.78 is 4.97. The van der Waals surface area contributed by atoms with Gasteiger partial charge in [-0.25, -0.2) is 0 Å². The number of hydrogen-bond donors (Lipinski definition) is 4. The lowest BCUT2D eigenvalue weighted by Crippen LogP contribution is -2.35. The largest absolute Gasteiger partial charge is 0.459 e. The first-order valence-electron chi connectivity index (χ1n) is 7.12. The minimum absolute atomic E-state index is 0.242. The number of nitrogens with one attached hydrogen (secondary N) is 4. The first-order valence-corrected chi connectivity index (χ1v) is 7.12. The number of carbonyl (C=O) groups is 2. The van der Waals surface area contributed by atoms with Crippen LogP contribution in [0.3, 0.4) is 0 Å². The zero-order valence-corrected chi connectivity index (χ0v) is 11.9. The second-order valence-electron chi connectivity index (χ2n) is 4.95. The molecule has 0 aliphatic carbocycles. The molecule has 0 bridgehead atoms. The Kier molecular flexibility index (Phi) is 4.19. The molecule has 2 aromatic rings. The van der Waals surface area contributed by atoms with Gasteiger partial charge in [-0.3, -0.25) is 14.7 Å². The summed E-state index contributed by atoms with van der Waals surface area (Å²) in [5, 5.41) is 15.6. The maximum atomic E-state index is 12.1. The molecule has 0 fully saturated rings. The standard InChI is InChI=1S/C14H17N5O3/c20-13(11-2-1-7-22-11)16-5-6-17-14(21)12-9-8-15-4-3-10(9)18-19-12/h1-2,7,15H,3-6,8H2,(H,16,20)(H,17,21)(H,18,19). The molecule has 0 unspecified atom stereocenters. The highest BCUT2D eigenvalue weighted by Crippen LogP contribution is 2.14. The molecule has 8 nitrogen and oxygen atoms in total. The van der Waals surface area contributed by atoms with E-state index in [-0.39, 0.29) is 17.6 Å². The highest BCUT2D eigenvalue weighted by atomic mass is 16.3. The second-order valence-corrected chi connectivity index (χ2v) is 4.95. The van der Waals surface area contributed by atoms with Gasteiger partial charge < -0.3 is 20.4 Å². The fourth-order valence-electron chi connectivity index (χ4n) is 2.34. The molecule has 0 radical (unpaired) electrons. The van der Waals surface area contributed by atoms with E-state index < -0.39 is 0 Å². The second kappa shape index (κ2) is 6.44. The van der Waals surface area contributed by atoms with Crippen LogP contribution in [0, 0.1) is 0 Å². The van der Waals surface area contributed by atoms with E-state index >= 15 is 0 Å². The molecular weight excluding hydrogens is 286 g/mol. The smallest absolute Gasteiger partial charge is 0.287 e.